The van der Waals surface area contributed by atoms with Crippen LogP contribution in [-0.4, -0.2) is 17.2 Å². The highest BCUT2D eigenvalue weighted by atomic mass is 28.3. The van der Waals surface area contributed by atoms with Crippen LogP contribution in [0.5, 0.6) is 0 Å². The molecule has 304 valence electrons. The highest BCUT2D eigenvalue weighted by Gasteiger charge is 2.45. The molecule has 65 heavy (non-hydrogen) atoms. The fourth-order valence-electron chi connectivity index (χ4n) is 12.1. The molecule has 2 atom stereocenters. The quantitative estimate of drug-likeness (QED) is 0.117. The summed E-state index contributed by atoms with van der Waals surface area (Å²) in [5.74, 6) is -0.194. The molecule has 0 amide bonds. The Morgan fingerprint density at radius 2 is 0.785 bits per heavy atom. The highest BCUT2D eigenvalue weighted by Crippen LogP contribution is 2.60. The van der Waals surface area contributed by atoms with Gasteiger partial charge in [0.2, 0.25) is 0 Å². The standard InChI is InChI=1S/C62H42N2Si/c1-5-20-41(21-6-1)63-53-34-17-15-32-49(53)58-55(63)38-36-51-57-47-30-13-14-31-48(47)60(61(51)58)62-52(57)37-39-56-59(62)50-33-16-18-35-54(50)64(56)42-22-19-29-46(40-42)65(43-23-7-2-8-24-43,44-25-9-3-10-26-44)45-27-11-4-12-28-45/h1-40,57,60H/i1D,5D,6D,20D,21D. The van der Waals surface area contributed by atoms with Crippen molar-refractivity contribution in [2.24, 2.45) is 0 Å². The van der Waals surface area contributed by atoms with Gasteiger partial charge >= 0.3 is 0 Å². The van der Waals surface area contributed by atoms with Gasteiger partial charge in [-0.3, -0.25) is 0 Å². The highest BCUT2D eigenvalue weighted by molar-refractivity contribution is 7.19. The zero-order chi connectivity index (χ0) is 47.0. The van der Waals surface area contributed by atoms with Gasteiger partial charge in [-0.2, -0.15) is 0 Å². The van der Waals surface area contributed by atoms with Crippen LogP contribution in [0.4, 0.5) is 0 Å². The molecule has 2 bridgehead atoms. The maximum atomic E-state index is 9.15. The molecule has 10 aromatic carbocycles. The molecule has 3 aliphatic rings. The lowest BCUT2D eigenvalue weighted by atomic mass is 9.59. The van der Waals surface area contributed by atoms with Crippen molar-refractivity contribution >= 4 is 72.4 Å². The predicted octanol–water partition coefficient (Wildman–Crippen LogP) is 12.2. The van der Waals surface area contributed by atoms with E-state index in [1.807, 2.05) is 22.8 Å². The van der Waals surface area contributed by atoms with Crippen LogP contribution in [0.15, 0.2) is 243 Å². The third-order valence-electron chi connectivity index (χ3n) is 14.5. The van der Waals surface area contributed by atoms with Crippen LogP contribution in [0.25, 0.3) is 55.0 Å². The number of nitrogens with zero attached hydrogens (tertiary/aromatic N) is 2. The minimum absolute atomic E-state index is 0.0393. The second kappa shape index (κ2) is 14.0. The summed E-state index contributed by atoms with van der Waals surface area (Å²) in [6.45, 7) is 0. The molecule has 0 N–H and O–H groups in total. The van der Waals surface area contributed by atoms with Gasteiger partial charge in [-0.15, -0.1) is 0 Å². The summed E-state index contributed by atoms with van der Waals surface area (Å²) in [5, 5.41) is 9.75. The fraction of sp³-hybridized carbons (Fsp3) is 0.0323. The van der Waals surface area contributed by atoms with Crippen molar-refractivity contribution in [1.29, 1.82) is 0 Å². The van der Waals surface area contributed by atoms with Crippen molar-refractivity contribution in [1.82, 2.24) is 9.13 Å². The van der Waals surface area contributed by atoms with Crippen molar-refractivity contribution in [3.05, 3.63) is 276 Å². The molecule has 0 fully saturated rings. The SMILES string of the molecule is [2H]c1c([2H])c([2H])c(-n2c3ccccc3c3c4c(ccc32)C2c3ccccc3C4c3c2ccc2c3c3ccccc3n2-c2cccc([Si](c3ccccc3)(c3ccccc3)c3ccccc3)c2)c([2H])c1[2H]. The van der Waals surface area contributed by atoms with Crippen LogP contribution in [0.2, 0.25) is 0 Å². The van der Waals surface area contributed by atoms with E-state index in [9.17, 15) is 0 Å². The Balaban J connectivity index is 1.06. The average Bonchev–Trinajstić information content (AvgIpc) is 3.94. The number of aromatic nitrogens is 2. The zero-order valence-corrected chi connectivity index (χ0v) is 36.3. The summed E-state index contributed by atoms with van der Waals surface area (Å²) in [7, 11) is -2.85. The number of hydrogen-bond donors (Lipinski definition) is 0. The Bertz CT molecular complexity index is 4020. The number of benzene rings is 10. The molecule has 3 aliphatic carbocycles. The number of para-hydroxylation sites is 3. The van der Waals surface area contributed by atoms with Crippen LogP contribution in [0, 0.1) is 0 Å². The van der Waals surface area contributed by atoms with Gasteiger partial charge in [0.25, 0.3) is 0 Å². The van der Waals surface area contributed by atoms with Gasteiger partial charge in [0.15, 0.2) is 8.07 Å². The minimum Gasteiger partial charge on any atom is -0.309 e. The van der Waals surface area contributed by atoms with Crippen molar-refractivity contribution < 1.29 is 6.85 Å². The molecule has 2 nitrogen and oxygen atoms in total. The first-order chi connectivity index (χ1) is 34.4. The van der Waals surface area contributed by atoms with E-state index in [-0.39, 0.29) is 41.7 Å². The molecular weight excluding hydrogens is 801 g/mol. The van der Waals surface area contributed by atoms with E-state index in [4.69, 9.17) is 6.85 Å². The molecule has 0 aliphatic heterocycles. The van der Waals surface area contributed by atoms with Crippen molar-refractivity contribution in [2.45, 2.75) is 11.8 Å². The molecule has 12 aromatic rings. The summed E-state index contributed by atoms with van der Waals surface area (Å²) >= 11 is 0. The van der Waals surface area contributed by atoms with Gasteiger partial charge in [0.1, 0.15) is 0 Å². The van der Waals surface area contributed by atoms with Gasteiger partial charge in [0, 0.05) is 44.8 Å². The Kier molecular flexibility index (Phi) is 6.85. The average molecular weight is 848 g/mol. The molecule has 3 heteroatoms. The molecule has 0 radical (unpaired) electrons. The third kappa shape index (κ3) is 4.99. The first-order valence-corrected chi connectivity index (χ1v) is 24.4. The smallest absolute Gasteiger partial charge is 0.179 e. The lowest BCUT2D eigenvalue weighted by molar-refractivity contribution is 0.768. The Morgan fingerprint density at radius 1 is 0.338 bits per heavy atom. The lowest BCUT2D eigenvalue weighted by Crippen LogP contribution is -2.74. The van der Waals surface area contributed by atoms with E-state index < -0.39 is 14.1 Å². The summed E-state index contributed by atoms with van der Waals surface area (Å²) in [6.07, 6.45) is 0. The lowest BCUT2D eigenvalue weighted by Gasteiger charge is -2.43. The molecule has 2 aromatic heterocycles. The van der Waals surface area contributed by atoms with E-state index in [0.29, 0.717) is 0 Å². The van der Waals surface area contributed by atoms with Gasteiger partial charge in [-0.05, 0) is 103 Å². The largest absolute Gasteiger partial charge is 0.309 e. The number of rotatable bonds is 6. The van der Waals surface area contributed by atoms with Crippen LogP contribution < -0.4 is 20.7 Å². The van der Waals surface area contributed by atoms with Crippen molar-refractivity contribution in [3.63, 3.8) is 0 Å². The molecule has 0 spiro atoms. The summed E-state index contributed by atoms with van der Waals surface area (Å²) in [5.41, 5.74) is 12.8. The van der Waals surface area contributed by atoms with Gasteiger partial charge in [-0.1, -0.05) is 194 Å². The molecule has 2 unspecified atom stereocenters. The van der Waals surface area contributed by atoms with Crippen molar-refractivity contribution in [2.75, 3.05) is 0 Å². The normalized spacial score (nSPS) is 16.2. The summed E-state index contributed by atoms with van der Waals surface area (Å²) in [6, 6.07) is 76.0. The van der Waals surface area contributed by atoms with Gasteiger partial charge in [-0.25, -0.2) is 0 Å². The molecule has 0 saturated heterocycles. The Morgan fingerprint density at radius 3 is 1.32 bits per heavy atom. The maximum absolute atomic E-state index is 9.15. The van der Waals surface area contributed by atoms with Crippen LogP contribution in [-0.2, 0) is 0 Å². The Labute approximate surface area is 386 Å². The third-order valence-corrected chi connectivity index (χ3v) is 19.3. The monoisotopic (exact) mass is 847 g/mol. The van der Waals surface area contributed by atoms with E-state index in [1.165, 1.54) is 64.9 Å². The second-order valence-corrected chi connectivity index (χ2v) is 21.3. The van der Waals surface area contributed by atoms with Gasteiger partial charge < -0.3 is 9.13 Å². The van der Waals surface area contributed by atoms with E-state index in [2.05, 4.69) is 199 Å². The molecule has 2 heterocycles. The molecule has 0 saturated carbocycles. The maximum Gasteiger partial charge on any atom is 0.179 e. The van der Waals surface area contributed by atoms with E-state index in [1.54, 1.807) is 0 Å². The second-order valence-electron chi connectivity index (χ2n) is 17.5. The van der Waals surface area contributed by atoms with Crippen LogP contribution in [0.1, 0.15) is 52.1 Å². The first kappa shape index (κ1) is 31.8. The predicted molar refractivity (Wildman–Crippen MR) is 274 cm³/mol. The zero-order valence-electron chi connectivity index (χ0n) is 40.3. The molecular formula is C62H42N2Si. The van der Waals surface area contributed by atoms with E-state index in [0.717, 1.165) is 38.5 Å². The number of fused-ring (bicyclic) bond motifs is 6. The fourth-order valence-corrected chi connectivity index (χ4v) is 16.9. The summed E-state index contributed by atoms with van der Waals surface area (Å²) < 4.78 is 48.5. The summed E-state index contributed by atoms with van der Waals surface area (Å²) in [4.78, 5) is 0. The molecule has 15 rings (SSSR count). The Hall–Kier alpha value is -7.98. The van der Waals surface area contributed by atoms with Crippen LogP contribution in [0.3, 0.4) is 0 Å². The number of hydrogen-bond acceptors (Lipinski definition) is 0. The van der Waals surface area contributed by atoms with Gasteiger partial charge in [0.05, 0.1) is 28.9 Å². The topological polar surface area (TPSA) is 9.86 Å². The van der Waals surface area contributed by atoms with E-state index >= 15 is 0 Å². The van der Waals surface area contributed by atoms with Crippen LogP contribution >= 0.6 is 0 Å². The van der Waals surface area contributed by atoms with Crippen molar-refractivity contribution in [3.8, 4) is 11.4 Å². The first-order valence-electron chi connectivity index (χ1n) is 24.9. The minimum atomic E-state index is -2.85.